The van der Waals surface area contributed by atoms with Crippen LogP contribution in [0.5, 0.6) is 0 Å². The van der Waals surface area contributed by atoms with E-state index in [1.54, 1.807) is 0 Å². The maximum atomic E-state index is 2.39. The van der Waals surface area contributed by atoms with Crippen molar-refractivity contribution in [2.75, 3.05) is 0 Å². The van der Waals surface area contributed by atoms with Crippen LogP contribution >= 0.6 is 0 Å². The molecule has 0 heterocycles. The molecule has 230 valence electrons. The predicted molar refractivity (Wildman–Crippen MR) is 177 cm³/mol. The Bertz CT molecular complexity index is 385. The third-order valence-corrected chi connectivity index (χ3v) is 9.13. The van der Waals surface area contributed by atoms with Crippen molar-refractivity contribution < 1.29 is 0 Å². The van der Waals surface area contributed by atoms with Crippen molar-refractivity contribution in [2.24, 2.45) is 5.92 Å². The average molecular weight is 535 g/mol. The van der Waals surface area contributed by atoms with Gasteiger partial charge in [-0.05, 0) is 5.92 Å². The van der Waals surface area contributed by atoms with E-state index in [1.807, 2.05) is 0 Å². The normalized spacial score (nSPS) is 12.4. The van der Waals surface area contributed by atoms with Crippen LogP contribution in [0.2, 0.25) is 0 Å². The minimum Gasteiger partial charge on any atom is -0.0654 e. The molecule has 0 radical (unpaired) electrons. The highest BCUT2D eigenvalue weighted by Gasteiger charge is 2.07. The van der Waals surface area contributed by atoms with E-state index in [-0.39, 0.29) is 0 Å². The third kappa shape index (κ3) is 32.2. The van der Waals surface area contributed by atoms with Crippen LogP contribution in [0.25, 0.3) is 0 Å². The molecule has 0 aliphatic rings. The summed E-state index contributed by atoms with van der Waals surface area (Å²) in [4.78, 5) is 0. The number of rotatable bonds is 34. The molecule has 0 aliphatic heterocycles. The molecule has 0 N–H and O–H groups in total. The highest BCUT2D eigenvalue weighted by molar-refractivity contribution is 4.61. The van der Waals surface area contributed by atoms with Crippen molar-refractivity contribution in [2.45, 2.75) is 239 Å². The highest BCUT2D eigenvalue weighted by Crippen LogP contribution is 2.23. The van der Waals surface area contributed by atoms with E-state index in [2.05, 4.69) is 20.8 Å². The Hall–Kier alpha value is 0. The van der Waals surface area contributed by atoms with Crippen LogP contribution in [-0.4, -0.2) is 0 Å². The van der Waals surface area contributed by atoms with E-state index in [1.165, 1.54) is 218 Å². The van der Waals surface area contributed by atoms with Crippen molar-refractivity contribution in [3.63, 3.8) is 0 Å². The predicted octanol–water partition coefficient (Wildman–Crippen LogP) is 14.9. The van der Waals surface area contributed by atoms with Gasteiger partial charge in [-0.15, -0.1) is 0 Å². The van der Waals surface area contributed by atoms with Crippen molar-refractivity contribution in [1.82, 2.24) is 0 Å². The van der Waals surface area contributed by atoms with E-state index >= 15 is 0 Å². The van der Waals surface area contributed by atoms with Gasteiger partial charge in [0.1, 0.15) is 0 Å². The topological polar surface area (TPSA) is 0 Å². The first kappa shape index (κ1) is 38.0. The van der Waals surface area contributed by atoms with Crippen LogP contribution in [0.1, 0.15) is 239 Å². The molecule has 0 aromatic heterocycles. The van der Waals surface area contributed by atoms with Crippen molar-refractivity contribution in [3.8, 4) is 0 Å². The third-order valence-electron chi connectivity index (χ3n) is 9.13. The highest BCUT2D eigenvalue weighted by atomic mass is 14.1. The second-order valence-corrected chi connectivity index (χ2v) is 13.1. The van der Waals surface area contributed by atoms with Crippen molar-refractivity contribution in [3.05, 3.63) is 0 Å². The zero-order chi connectivity index (χ0) is 27.6. The lowest BCUT2D eigenvalue weighted by atomic mass is 9.90. The summed E-state index contributed by atoms with van der Waals surface area (Å²) in [6.07, 6.45) is 50.3. The standard InChI is InChI=1S/C38H78/c1-4-7-9-11-13-15-17-19-21-22-24-26-28-30-32-34-37-38(35-6-3)36-33-31-29-27-25-23-20-18-16-14-12-10-8-5-2/h38H,4-37H2,1-3H3. The fourth-order valence-electron chi connectivity index (χ4n) is 6.45. The summed E-state index contributed by atoms with van der Waals surface area (Å²) < 4.78 is 0. The summed E-state index contributed by atoms with van der Waals surface area (Å²) in [6, 6.07) is 0. The smallest absolute Gasteiger partial charge is 0.0414 e. The lowest BCUT2D eigenvalue weighted by molar-refractivity contribution is 0.376. The summed E-state index contributed by atoms with van der Waals surface area (Å²) in [5.41, 5.74) is 0. The Kier molecular flexibility index (Phi) is 35.0. The molecular formula is C38H78. The molecule has 0 fully saturated rings. The molecule has 0 aliphatic carbocycles. The van der Waals surface area contributed by atoms with Gasteiger partial charge in [-0.25, -0.2) is 0 Å². The zero-order valence-corrected chi connectivity index (χ0v) is 27.6. The van der Waals surface area contributed by atoms with Gasteiger partial charge >= 0.3 is 0 Å². The van der Waals surface area contributed by atoms with Crippen LogP contribution in [0.4, 0.5) is 0 Å². The van der Waals surface area contributed by atoms with Gasteiger partial charge in [-0.1, -0.05) is 239 Å². The van der Waals surface area contributed by atoms with Crippen molar-refractivity contribution in [1.29, 1.82) is 0 Å². The largest absolute Gasteiger partial charge is 0.0654 e. The Balaban J connectivity index is 3.36. The molecule has 0 aromatic rings. The average Bonchev–Trinajstić information content (AvgIpc) is 2.92. The molecule has 0 nitrogen and oxygen atoms in total. The maximum absolute atomic E-state index is 2.39. The first-order valence-electron chi connectivity index (χ1n) is 18.8. The lowest BCUT2D eigenvalue weighted by Gasteiger charge is -2.16. The number of hydrogen-bond donors (Lipinski definition) is 0. The Morgan fingerprint density at radius 3 is 0.632 bits per heavy atom. The van der Waals surface area contributed by atoms with E-state index in [4.69, 9.17) is 0 Å². The van der Waals surface area contributed by atoms with Crippen LogP contribution in [0, 0.1) is 5.92 Å². The summed E-state index contributed by atoms with van der Waals surface area (Å²) >= 11 is 0. The molecular weight excluding hydrogens is 456 g/mol. The summed E-state index contributed by atoms with van der Waals surface area (Å²) in [6.45, 7) is 7.02. The molecule has 0 aromatic carbocycles. The maximum Gasteiger partial charge on any atom is -0.0414 e. The van der Waals surface area contributed by atoms with E-state index in [0.717, 1.165) is 5.92 Å². The Morgan fingerprint density at radius 2 is 0.421 bits per heavy atom. The Labute approximate surface area is 244 Å². The monoisotopic (exact) mass is 535 g/mol. The van der Waals surface area contributed by atoms with Gasteiger partial charge in [0.25, 0.3) is 0 Å². The molecule has 0 saturated heterocycles. The van der Waals surface area contributed by atoms with Gasteiger partial charge < -0.3 is 0 Å². The quantitative estimate of drug-likeness (QED) is 0.0720. The van der Waals surface area contributed by atoms with E-state index < -0.39 is 0 Å². The molecule has 0 saturated carbocycles. The van der Waals surface area contributed by atoms with Gasteiger partial charge in [-0.3, -0.25) is 0 Å². The lowest BCUT2D eigenvalue weighted by Crippen LogP contribution is -2.00. The van der Waals surface area contributed by atoms with Gasteiger partial charge in [-0.2, -0.15) is 0 Å². The van der Waals surface area contributed by atoms with Crippen LogP contribution in [0.15, 0.2) is 0 Å². The van der Waals surface area contributed by atoms with Gasteiger partial charge in [0.05, 0.1) is 0 Å². The molecule has 38 heavy (non-hydrogen) atoms. The van der Waals surface area contributed by atoms with Crippen LogP contribution in [0.3, 0.4) is 0 Å². The SMILES string of the molecule is CCCCCCCCCCCCCCCCCCC(CCC)CCCCCCCCCCCCCCCC. The fourth-order valence-corrected chi connectivity index (χ4v) is 6.45. The number of hydrogen-bond acceptors (Lipinski definition) is 0. The molecule has 1 atom stereocenters. The molecule has 0 rings (SSSR count). The summed E-state index contributed by atoms with van der Waals surface area (Å²) in [5, 5.41) is 0. The second-order valence-electron chi connectivity index (χ2n) is 13.1. The van der Waals surface area contributed by atoms with Crippen LogP contribution in [-0.2, 0) is 0 Å². The van der Waals surface area contributed by atoms with E-state index in [0.29, 0.717) is 0 Å². The zero-order valence-electron chi connectivity index (χ0n) is 27.6. The van der Waals surface area contributed by atoms with Gasteiger partial charge in [0, 0.05) is 0 Å². The van der Waals surface area contributed by atoms with Crippen molar-refractivity contribution >= 4 is 0 Å². The van der Waals surface area contributed by atoms with Gasteiger partial charge in [0.2, 0.25) is 0 Å². The van der Waals surface area contributed by atoms with Gasteiger partial charge in [0.15, 0.2) is 0 Å². The molecule has 0 heteroatoms. The fraction of sp³-hybridized carbons (Fsp3) is 1.00. The minimum atomic E-state index is 1.03. The Morgan fingerprint density at radius 1 is 0.211 bits per heavy atom. The molecule has 0 bridgehead atoms. The second kappa shape index (κ2) is 35.0. The number of unbranched alkanes of at least 4 members (excludes halogenated alkanes) is 28. The minimum absolute atomic E-state index is 1.03. The molecule has 0 spiro atoms. The molecule has 1 unspecified atom stereocenters. The summed E-state index contributed by atoms with van der Waals surface area (Å²) in [5.74, 6) is 1.03. The summed E-state index contributed by atoms with van der Waals surface area (Å²) in [7, 11) is 0. The molecule has 0 amide bonds. The van der Waals surface area contributed by atoms with E-state index in [9.17, 15) is 0 Å². The first-order valence-corrected chi connectivity index (χ1v) is 18.8. The first-order chi connectivity index (χ1) is 18.8. The van der Waals surface area contributed by atoms with Crippen LogP contribution < -0.4 is 0 Å².